The van der Waals surface area contributed by atoms with E-state index in [1.165, 1.54) is 12.1 Å². The summed E-state index contributed by atoms with van der Waals surface area (Å²) in [5.74, 6) is -0.227. The van der Waals surface area contributed by atoms with E-state index in [2.05, 4.69) is 5.32 Å². The number of nitrogens with one attached hydrogen (secondary N) is 1. The summed E-state index contributed by atoms with van der Waals surface area (Å²) in [7, 11) is 3.79. The van der Waals surface area contributed by atoms with Gasteiger partial charge in [-0.05, 0) is 50.8 Å². The Morgan fingerprint density at radius 2 is 1.85 bits per heavy atom. The van der Waals surface area contributed by atoms with Gasteiger partial charge in [-0.3, -0.25) is 4.79 Å². The second-order valence-corrected chi connectivity index (χ2v) is 6.87. The third-order valence-corrected chi connectivity index (χ3v) is 4.74. The molecule has 0 saturated carbocycles. The third-order valence-electron chi connectivity index (χ3n) is 3.94. The minimum absolute atomic E-state index is 0.0958. The van der Waals surface area contributed by atoms with E-state index in [0.717, 1.165) is 5.56 Å². The average molecular weight is 399 g/mol. The number of halogens is 3. The molecule has 7 heteroatoms. The van der Waals surface area contributed by atoms with Crippen molar-refractivity contribution in [3.63, 3.8) is 0 Å². The molecule has 0 heterocycles. The van der Waals surface area contributed by atoms with Crippen LogP contribution in [0.5, 0.6) is 5.75 Å². The molecule has 2 aromatic rings. The molecular weight excluding hydrogens is 378 g/mol. The molecule has 0 aliphatic rings. The molecule has 0 aromatic heterocycles. The fraction of sp³-hybridized carbons (Fsp3) is 0.316. The number of carbonyl (C=O) groups excluding carboxylic acids is 1. The summed E-state index contributed by atoms with van der Waals surface area (Å²) in [5, 5.41) is 3.49. The van der Waals surface area contributed by atoms with Crippen LogP contribution >= 0.6 is 23.2 Å². The zero-order valence-corrected chi connectivity index (χ0v) is 16.3. The van der Waals surface area contributed by atoms with Crippen LogP contribution in [-0.4, -0.2) is 37.6 Å². The van der Waals surface area contributed by atoms with Gasteiger partial charge in [0.2, 0.25) is 0 Å². The Morgan fingerprint density at radius 1 is 1.19 bits per heavy atom. The first-order chi connectivity index (χ1) is 12.3. The molecule has 1 amide bonds. The van der Waals surface area contributed by atoms with Gasteiger partial charge in [-0.2, -0.15) is 0 Å². The molecule has 0 bridgehead atoms. The van der Waals surface area contributed by atoms with Gasteiger partial charge in [0.15, 0.2) is 6.10 Å². The molecule has 2 aromatic carbocycles. The Kier molecular flexibility index (Phi) is 7.26. The molecular formula is C19H21Cl2FN2O2. The van der Waals surface area contributed by atoms with Crippen molar-refractivity contribution in [2.24, 2.45) is 0 Å². The number of hydrogen-bond acceptors (Lipinski definition) is 3. The van der Waals surface area contributed by atoms with Crippen molar-refractivity contribution in [2.75, 3.05) is 20.6 Å². The summed E-state index contributed by atoms with van der Waals surface area (Å²) < 4.78 is 18.7. The Balaban J connectivity index is 1.99. The van der Waals surface area contributed by atoms with Crippen molar-refractivity contribution in [2.45, 2.75) is 19.1 Å². The molecule has 0 radical (unpaired) electrons. The maximum atomic E-state index is 13.1. The normalized spacial score (nSPS) is 13.3. The summed E-state index contributed by atoms with van der Waals surface area (Å²) in [6.45, 7) is 1.99. The Morgan fingerprint density at radius 3 is 2.46 bits per heavy atom. The predicted octanol–water partition coefficient (Wildman–Crippen LogP) is 4.32. The fourth-order valence-electron chi connectivity index (χ4n) is 2.44. The maximum absolute atomic E-state index is 13.1. The van der Waals surface area contributed by atoms with Gasteiger partial charge in [-0.1, -0.05) is 41.4 Å². The SMILES string of the molecule is CC(Oc1cccc(Cl)c1Cl)C(=O)NCC(c1ccc(F)cc1)N(C)C. The Hall–Kier alpha value is -1.82. The number of carbonyl (C=O) groups is 1. The minimum Gasteiger partial charge on any atom is -0.479 e. The van der Waals surface area contributed by atoms with Gasteiger partial charge in [0.25, 0.3) is 5.91 Å². The second kappa shape index (κ2) is 9.21. The van der Waals surface area contributed by atoms with E-state index in [-0.39, 0.29) is 22.8 Å². The standard InChI is InChI=1S/C19H21Cl2FN2O2/c1-12(26-17-6-4-5-15(20)18(17)21)19(25)23-11-16(24(2)3)13-7-9-14(22)10-8-13/h4-10,12,16H,11H2,1-3H3,(H,23,25). The number of rotatable bonds is 7. The van der Waals surface area contributed by atoms with Crippen LogP contribution in [0.1, 0.15) is 18.5 Å². The number of ether oxygens (including phenoxy) is 1. The van der Waals surface area contributed by atoms with Crippen molar-refractivity contribution in [3.8, 4) is 5.75 Å². The quantitative estimate of drug-likeness (QED) is 0.754. The van der Waals surface area contributed by atoms with Gasteiger partial charge in [0.05, 0.1) is 11.1 Å². The molecule has 2 unspecified atom stereocenters. The molecule has 140 valence electrons. The van der Waals surface area contributed by atoms with E-state index in [1.54, 1.807) is 37.3 Å². The van der Waals surface area contributed by atoms with E-state index >= 15 is 0 Å². The lowest BCUT2D eigenvalue weighted by molar-refractivity contribution is -0.127. The highest BCUT2D eigenvalue weighted by atomic mass is 35.5. The van der Waals surface area contributed by atoms with E-state index in [1.807, 2.05) is 19.0 Å². The van der Waals surface area contributed by atoms with Crippen LogP contribution in [0.4, 0.5) is 4.39 Å². The highest BCUT2D eigenvalue weighted by Gasteiger charge is 2.20. The summed E-state index contributed by atoms with van der Waals surface area (Å²) in [4.78, 5) is 14.3. The highest BCUT2D eigenvalue weighted by molar-refractivity contribution is 6.42. The number of benzene rings is 2. The monoisotopic (exact) mass is 398 g/mol. The highest BCUT2D eigenvalue weighted by Crippen LogP contribution is 2.32. The van der Waals surface area contributed by atoms with E-state index < -0.39 is 6.10 Å². The molecule has 2 atom stereocenters. The number of hydrogen-bond donors (Lipinski definition) is 1. The summed E-state index contributed by atoms with van der Waals surface area (Å²) >= 11 is 12.0. The molecule has 0 aliphatic heterocycles. The molecule has 0 spiro atoms. The van der Waals surface area contributed by atoms with Crippen LogP contribution in [0, 0.1) is 5.82 Å². The van der Waals surface area contributed by atoms with E-state index in [4.69, 9.17) is 27.9 Å². The summed E-state index contributed by atoms with van der Waals surface area (Å²) in [6, 6.07) is 11.1. The van der Waals surface area contributed by atoms with Gasteiger partial charge in [0.1, 0.15) is 16.6 Å². The maximum Gasteiger partial charge on any atom is 0.260 e. The first-order valence-electron chi connectivity index (χ1n) is 8.10. The molecule has 4 nitrogen and oxygen atoms in total. The number of nitrogens with zero attached hydrogens (tertiary/aromatic N) is 1. The molecule has 1 N–H and O–H groups in total. The van der Waals surface area contributed by atoms with Gasteiger partial charge >= 0.3 is 0 Å². The van der Waals surface area contributed by atoms with Crippen molar-refractivity contribution >= 4 is 29.1 Å². The predicted molar refractivity (Wildman–Crippen MR) is 102 cm³/mol. The van der Waals surface area contributed by atoms with Crippen LogP contribution in [0.2, 0.25) is 10.0 Å². The van der Waals surface area contributed by atoms with Crippen LogP contribution in [0.15, 0.2) is 42.5 Å². The van der Waals surface area contributed by atoms with Crippen LogP contribution < -0.4 is 10.1 Å². The molecule has 26 heavy (non-hydrogen) atoms. The summed E-state index contributed by atoms with van der Waals surface area (Å²) in [6.07, 6.45) is -0.748. The topological polar surface area (TPSA) is 41.6 Å². The largest absolute Gasteiger partial charge is 0.479 e. The van der Waals surface area contributed by atoms with Crippen LogP contribution in [0.25, 0.3) is 0 Å². The van der Waals surface area contributed by atoms with Gasteiger partial charge in [0, 0.05) is 6.54 Å². The van der Waals surface area contributed by atoms with E-state index in [0.29, 0.717) is 17.3 Å². The Bertz CT molecular complexity index is 754. The lowest BCUT2D eigenvalue weighted by Crippen LogP contribution is -2.41. The van der Waals surface area contributed by atoms with Crippen molar-refractivity contribution < 1.29 is 13.9 Å². The van der Waals surface area contributed by atoms with Crippen LogP contribution in [-0.2, 0) is 4.79 Å². The zero-order valence-electron chi connectivity index (χ0n) is 14.8. The van der Waals surface area contributed by atoms with Crippen LogP contribution in [0.3, 0.4) is 0 Å². The average Bonchev–Trinajstić information content (AvgIpc) is 2.60. The smallest absolute Gasteiger partial charge is 0.260 e. The fourth-order valence-corrected chi connectivity index (χ4v) is 2.78. The first-order valence-corrected chi connectivity index (χ1v) is 8.85. The lowest BCUT2D eigenvalue weighted by atomic mass is 10.1. The molecule has 0 fully saturated rings. The summed E-state index contributed by atoms with van der Waals surface area (Å²) in [5.41, 5.74) is 0.906. The van der Waals surface area contributed by atoms with Crippen molar-refractivity contribution in [3.05, 3.63) is 63.9 Å². The van der Waals surface area contributed by atoms with Gasteiger partial charge in [-0.15, -0.1) is 0 Å². The van der Waals surface area contributed by atoms with Gasteiger partial charge < -0.3 is 15.0 Å². The number of amides is 1. The first kappa shape index (κ1) is 20.5. The van der Waals surface area contributed by atoms with Crippen molar-refractivity contribution in [1.82, 2.24) is 10.2 Å². The lowest BCUT2D eigenvalue weighted by Gasteiger charge is -2.26. The van der Waals surface area contributed by atoms with Gasteiger partial charge in [-0.25, -0.2) is 4.39 Å². The number of likely N-dealkylation sites (N-methyl/N-ethyl adjacent to an activating group) is 1. The molecule has 2 rings (SSSR count). The molecule has 0 aliphatic carbocycles. The third kappa shape index (κ3) is 5.34. The zero-order chi connectivity index (χ0) is 19.3. The van der Waals surface area contributed by atoms with Crippen molar-refractivity contribution in [1.29, 1.82) is 0 Å². The molecule has 0 saturated heterocycles. The minimum atomic E-state index is -0.748. The van der Waals surface area contributed by atoms with E-state index in [9.17, 15) is 9.18 Å². The Labute approximate surface area is 162 Å². The second-order valence-electron chi connectivity index (χ2n) is 6.09.